The van der Waals surface area contributed by atoms with Gasteiger partial charge in [0.1, 0.15) is 0 Å². The standard InChI is InChI=1S/C22H29N2O7P/c1-6-29-22(25)17-10-12-19(13-11-17)23-21(18-8-7-9-20(14-18)24(26)27)32(28,30-15(2)3)31-16(4)5/h7-16,21,23H,6H2,1-5H3. The molecule has 10 heteroatoms. The first-order valence-corrected chi connectivity index (χ1v) is 11.9. The Balaban J connectivity index is 2.50. The lowest BCUT2D eigenvalue weighted by molar-refractivity contribution is -0.384. The number of rotatable bonds is 11. The zero-order valence-corrected chi connectivity index (χ0v) is 19.7. The van der Waals surface area contributed by atoms with Crippen LogP contribution < -0.4 is 5.32 Å². The molecule has 0 fully saturated rings. The molecule has 2 rings (SSSR count). The van der Waals surface area contributed by atoms with Crippen LogP contribution in [0, 0.1) is 10.1 Å². The van der Waals surface area contributed by atoms with Gasteiger partial charge in [-0.2, -0.15) is 0 Å². The van der Waals surface area contributed by atoms with E-state index in [1.54, 1.807) is 65.0 Å². The second kappa shape index (κ2) is 11.2. The third-order valence-electron chi connectivity index (χ3n) is 4.13. The molecule has 0 saturated carbocycles. The average Bonchev–Trinajstić information content (AvgIpc) is 2.71. The Morgan fingerprint density at radius 3 is 2.16 bits per heavy atom. The van der Waals surface area contributed by atoms with E-state index in [9.17, 15) is 19.5 Å². The van der Waals surface area contributed by atoms with Gasteiger partial charge in [0.2, 0.25) is 0 Å². The Morgan fingerprint density at radius 1 is 1.06 bits per heavy atom. The van der Waals surface area contributed by atoms with Crippen LogP contribution in [0.25, 0.3) is 0 Å². The Hall–Kier alpha value is -2.74. The third-order valence-corrected chi connectivity index (χ3v) is 6.62. The van der Waals surface area contributed by atoms with Crippen molar-refractivity contribution in [2.75, 3.05) is 11.9 Å². The number of hydrogen-bond donors (Lipinski definition) is 1. The summed E-state index contributed by atoms with van der Waals surface area (Å²) < 4.78 is 30.4. The molecule has 0 amide bonds. The molecule has 0 aliphatic rings. The number of ether oxygens (including phenoxy) is 1. The fourth-order valence-corrected chi connectivity index (χ4v) is 5.26. The first kappa shape index (κ1) is 25.5. The molecule has 0 bridgehead atoms. The van der Waals surface area contributed by atoms with E-state index in [2.05, 4.69) is 5.32 Å². The van der Waals surface area contributed by atoms with Crippen LogP contribution in [0.1, 0.15) is 56.3 Å². The minimum Gasteiger partial charge on any atom is -0.462 e. The predicted octanol–water partition coefficient (Wildman–Crippen LogP) is 5.93. The van der Waals surface area contributed by atoms with E-state index >= 15 is 0 Å². The van der Waals surface area contributed by atoms with Gasteiger partial charge in [-0.25, -0.2) is 4.79 Å². The first-order valence-electron chi connectivity index (χ1n) is 10.3. The summed E-state index contributed by atoms with van der Waals surface area (Å²) in [5, 5.41) is 14.4. The number of benzene rings is 2. The van der Waals surface area contributed by atoms with Gasteiger partial charge < -0.3 is 19.1 Å². The van der Waals surface area contributed by atoms with Crippen molar-refractivity contribution < 1.29 is 28.1 Å². The molecule has 1 unspecified atom stereocenters. The van der Waals surface area contributed by atoms with E-state index in [4.69, 9.17) is 13.8 Å². The maximum atomic E-state index is 13.9. The zero-order chi connectivity index (χ0) is 23.9. The van der Waals surface area contributed by atoms with Crippen LogP contribution in [0.4, 0.5) is 11.4 Å². The Bertz CT molecular complexity index is 962. The van der Waals surface area contributed by atoms with E-state index in [1.807, 2.05) is 0 Å². The summed E-state index contributed by atoms with van der Waals surface area (Å²) in [6.07, 6.45) is -0.845. The maximum Gasteiger partial charge on any atom is 0.357 e. The molecule has 0 heterocycles. The van der Waals surface area contributed by atoms with Gasteiger partial charge in [0.05, 0.1) is 29.3 Å². The molecule has 0 saturated heterocycles. The van der Waals surface area contributed by atoms with E-state index < -0.39 is 36.5 Å². The smallest absolute Gasteiger partial charge is 0.357 e. The Kier molecular flexibility index (Phi) is 8.95. The molecule has 9 nitrogen and oxygen atoms in total. The van der Waals surface area contributed by atoms with Gasteiger partial charge in [0.25, 0.3) is 5.69 Å². The minimum absolute atomic E-state index is 0.146. The zero-order valence-electron chi connectivity index (χ0n) is 18.8. The van der Waals surface area contributed by atoms with Gasteiger partial charge in [-0.1, -0.05) is 12.1 Å². The Morgan fingerprint density at radius 2 is 1.66 bits per heavy atom. The summed E-state index contributed by atoms with van der Waals surface area (Å²) >= 11 is 0. The highest BCUT2D eigenvalue weighted by molar-refractivity contribution is 7.54. The number of nitrogens with one attached hydrogen (secondary N) is 1. The van der Waals surface area contributed by atoms with Crippen molar-refractivity contribution in [1.82, 2.24) is 0 Å². The van der Waals surface area contributed by atoms with Crippen LogP contribution in [-0.2, 0) is 18.3 Å². The molecule has 0 spiro atoms. The summed E-state index contributed by atoms with van der Waals surface area (Å²) in [6, 6.07) is 12.2. The minimum atomic E-state index is -3.85. The average molecular weight is 464 g/mol. The van der Waals surface area contributed by atoms with E-state index in [0.29, 0.717) is 16.8 Å². The van der Waals surface area contributed by atoms with Crippen molar-refractivity contribution in [1.29, 1.82) is 0 Å². The van der Waals surface area contributed by atoms with E-state index in [1.165, 1.54) is 18.2 Å². The second-order valence-corrected chi connectivity index (χ2v) is 9.56. The quantitative estimate of drug-likeness (QED) is 0.188. The largest absolute Gasteiger partial charge is 0.462 e. The molecular formula is C22H29N2O7P. The first-order chi connectivity index (χ1) is 15.1. The topological polar surface area (TPSA) is 117 Å². The van der Waals surface area contributed by atoms with Gasteiger partial charge in [0, 0.05) is 17.8 Å². The molecule has 0 radical (unpaired) electrons. The molecule has 2 aromatic rings. The van der Waals surface area contributed by atoms with Crippen LogP contribution in [0.3, 0.4) is 0 Å². The molecular weight excluding hydrogens is 435 g/mol. The number of nitro benzene ring substituents is 1. The van der Waals surface area contributed by atoms with Crippen LogP contribution in [-0.4, -0.2) is 29.7 Å². The molecule has 174 valence electrons. The van der Waals surface area contributed by atoms with Crippen LogP contribution in [0.2, 0.25) is 0 Å². The number of carbonyl (C=O) groups is 1. The summed E-state index contributed by atoms with van der Waals surface area (Å²) in [6.45, 7) is 8.91. The van der Waals surface area contributed by atoms with Crippen molar-refractivity contribution >= 4 is 24.9 Å². The molecule has 1 atom stereocenters. The Labute approximate surface area is 187 Å². The molecule has 32 heavy (non-hydrogen) atoms. The normalized spacial score (nSPS) is 12.6. The van der Waals surface area contributed by atoms with Crippen molar-refractivity contribution in [2.45, 2.75) is 52.6 Å². The summed E-state index contributed by atoms with van der Waals surface area (Å²) in [5.74, 6) is -1.48. The molecule has 1 N–H and O–H groups in total. The predicted molar refractivity (Wildman–Crippen MR) is 122 cm³/mol. The highest BCUT2D eigenvalue weighted by atomic mass is 31.2. The number of carbonyl (C=O) groups excluding carboxylic acids is 1. The van der Waals surface area contributed by atoms with Gasteiger partial charge in [-0.05, 0) is 64.4 Å². The van der Waals surface area contributed by atoms with Crippen molar-refractivity contribution in [3.8, 4) is 0 Å². The highest BCUT2D eigenvalue weighted by Crippen LogP contribution is 2.62. The third kappa shape index (κ3) is 6.88. The SMILES string of the molecule is CCOC(=O)c1ccc(NC(c2cccc([N+](=O)[O-])c2)P(=O)(OC(C)C)OC(C)C)cc1. The van der Waals surface area contributed by atoms with Crippen LogP contribution in [0.5, 0.6) is 0 Å². The fourth-order valence-electron chi connectivity index (χ4n) is 2.96. The van der Waals surface area contributed by atoms with E-state index in [0.717, 1.165) is 0 Å². The number of nitro groups is 1. The lowest BCUT2D eigenvalue weighted by Gasteiger charge is -2.31. The summed E-state index contributed by atoms with van der Waals surface area (Å²) in [5.41, 5.74) is 1.12. The lowest BCUT2D eigenvalue weighted by atomic mass is 10.1. The number of hydrogen-bond acceptors (Lipinski definition) is 8. The van der Waals surface area contributed by atoms with Crippen molar-refractivity contribution in [3.05, 3.63) is 69.8 Å². The molecule has 0 aliphatic heterocycles. The van der Waals surface area contributed by atoms with Crippen LogP contribution in [0.15, 0.2) is 48.5 Å². The van der Waals surface area contributed by atoms with Crippen LogP contribution >= 0.6 is 7.60 Å². The van der Waals surface area contributed by atoms with Gasteiger partial charge in [-0.3, -0.25) is 14.7 Å². The molecule has 2 aromatic carbocycles. The van der Waals surface area contributed by atoms with E-state index in [-0.39, 0.29) is 12.3 Å². The number of esters is 1. The summed E-state index contributed by atoms with van der Waals surface area (Å²) in [4.78, 5) is 22.7. The fraction of sp³-hybridized carbons (Fsp3) is 0.409. The summed E-state index contributed by atoms with van der Waals surface area (Å²) in [7, 11) is -3.85. The lowest BCUT2D eigenvalue weighted by Crippen LogP contribution is -2.19. The van der Waals surface area contributed by atoms with Gasteiger partial charge >= 0.3 is 13.6 Å². The number of anilines is 1. The second-order valence-electron chi connectivity index (χ2n) is 7.54. The monoisotopic (exact) mass is 464 g/mol. The van der Waals surface area contributed by atoms with Crippen molar-refractivity contribution in [3.63, 3.8) is 0 Å². The molecule has 0 aliphatic carbocycles. The highest BCUT2D eigenvalue weighted by Gasteiger charge is 2.40. The molecule has 0 aromatic heterocycles. The van der Waals surface area contributed by atoms with Crippen molar-refractivity contribution in [2.24, 2.45) is 0 Å². The van der Waals surface area contributed by atoms with Gasteiger partial charge in [0.15, 0.2) is 5.78 Å². The van der Waals surface area contributed by atoms with Gasteiger partial charge in [-0.15, -0.1) is 0 Å². The maximum absolute atomic E-state index is 13.9. The number of nitrogens with zero attached hydrogens (tertiary/aromatic N) is 1. The number of non-ortho nitro benzene ring substituents is 1.